The number of nitrogens with zero attached hydrogens (tertiary/aromatic N) is 1. The van der Waals surface area contributed by atoms with Gasteiger partial charge in [-0.1, -0.05) is 12.1 Å². The minimum absolute atomic E-state index is 0.188. The van der Waals surface area contributed by atoms with Gasteiger partial charge in [-0.2, -0.15) is 0 Å². The van der Waals surface area contributed by atoms with Crippen LogP contribution in [0.5, 0.6) is 5.75 Å². The van der Waals surface area contributed by atoms with Crippen LogP contribution in [0.25, 0.3) is 0 Å². The summed E-state index contributed by atoms with van der Waals surface area (Å²) in [4.78, 5) is 4.16. The molecule has 2 aromatic rings. The maximum atomic E-state index is 9.51. The lowest BCUT2D eigenvalue weighted by molar-refractivity contribution is 0.471. The van der Waals surface area contributed by atoms with Crippen molar-refractivity contribution >= 4 is 0 Å². The monoisotopic (exact) mass is 226 g/mol. The Morgan fingerprint density at radius 3 is 3.06 bits per heavy atom. The molecular weight excluding hydrogens is 212 g/mol. The first-order valence-corrected chi connectivity index (χ1v) is 5.80. The van der Waals surface area contributed by atoms with E-state index in [9.17, 15) is 5.11 Å². The molecule has 3 rings (SSSR count). The van der Waals surface area contributed by atoms with Crippen LogP contribution in [0, 0.1) is 0 Å². The van der Waals surface area contributed by atoms with Crippen LogP contribution in [0.3, 0.4) is 0 Å². The van der Waals surface area contributed by atoms with E-state index < -0.39 is 0 Å². The van der Waals surface area contributed by atoms with Crippen molar-refractivity contribution in [3.05, 3.63) is 59.4 Å². The molecule has 2 N–H and O–H groups in total. The molecule has 0 saturated carbocycles. The summed E-state index contributed by atoms with van der Waals surface area (Å²) in [5.74, 6) is 0.343. The van der Waals surface area contributed by atoms with Crippen LogP contribution >= 0.6 is 0 Å². The van der Waals surface area contributed by atoms with E-state index in [2.05, 4.69) is 16.4 Å². The highest BCUT2D eigenvalue weighted by atomic mass is 16.3. The molecule has 17 heavy (non-hydrogen) atoms. The quantitative estimate of drug-likeness (QED) is 0.782. The largest absolute Gasteiger partial charge is 0.508 e. The minimum Gasteiger partial charge on any atom is -0.508 e. The van der Waals surface area contributed by atoms with E-state index in [1.807, 2.05) is 24.4 Å². The standard InChI is InChI=1S/C14H14N2O/c17-12-3-4-13-10(8-12)5-7-16-14(13)11-2-1-6-15-9-11/h1-4,6,8-9,14,16-17H,5,7H2/t14-/m1/s1. The molecule has 0 unspecified atom stereocenters. The first-order chi connectivity index (χ1) is 8.34. The second-order valence-electron chi connectivity index (χ2n) is 4.31. The van der Waals surface area contributed by atoms with E-state index in [0.717, 1.165) is 13.0 Å². The van der Waals surface area contributed by atoms with Gasteiger partial charge in [0.05, 0.1) is 6.04 Å². The Morgan fingerprint density at radius 2 is 2.24 bits per heavy atom. The van der Waals surface area contributed by atoms with Crippen LogP contribution in [-0.4, -0.2) is 16.6 Å². The zero-order valence-corrected chi connectivity index (χ0v) is 9.43. The van der Waals surface area contributed by atoms with Gasteiger partial charge in [0.25, 0.3) is 0 Å². The zero-order valence-electron chi connectivity index (χ0n) is 9.43. The van der Waals surface area contributed by atoms with Crippen LogP contribution in [-0.2, 0) is 6.42 Å². The molecule has 86 valence electrons. The Kier molecular flexibility index (Phi) is 2.53. The van der Waals surface area contributed by atoms with Crippen molar-refractivity contribution in [2.45, 2.75) is 12.5 Å². The van der Waals surface area contributed by atoms with Crippen LogP contribution in [0.1, 0.15) is 22.7 Å². The number of aromatic hydroxyl groups is 1. The number of nitrogens with one attached hydrogen (secondary N) is 1. The van der Waals surface area contributed by atoms with E-state index >= 15 is 0 Å². The van der Waals surface area contributed by atoms with Crippen LogP contribution in [0.2, 0.25) is 0 Å². The third-order valence-corrected chi connectivity index (χ3v) is 3.20. The fourth-order valence-corrected chi connectivity index (χ4v) is 2.40. The summed E-state index contributed by atoms with van der Waals surface area (Å²) >= 11 is 0. The van der Waals surface area contributed by atoms with Crippen molar-refractivity contribution in [2.24, 2.45) is 0 Å². The van der Waals surface area contributed by atoms with Gasteiger partial charge in [-0.15, -0.1) is 0 Å². The number of phenolic OH excluding ortho intramolecular Hbond substituents is 1. The van der Waals surface area contributed by atoms with Gasteiger partial charge in [-0.3, -0.25) is 4.98 Å². The van der Waals surface area contributed by atoms with E-state index in [0.29, 0.717) is 5.75 Å². The van der Waals surface area contributed by atoms with Crippen molar-refractivity contribution < 1.29 is 5.11 Å². The summed E-state index contributed by atoms with van der Waals surface area (Å²) in [6, 6.07) is 9.81. The van der Waals surface area contributed by atoms with E-state index in [1.54, 1.807) is 12.3 Å². The molecule has 0 amide bonds. The first kappa shape index (κ1) is 10.3. The summed E-state index contributed by atoms with van der Waals surface area (Å²) in [5, 5.41) is 13.0. The number of fused-ring (bicyclic) bond motifs is 1. The molecule has 1 aromatic heterocycles. The Morgan fingerprint density at radius 1 is 1.29 bits per heavy atom. The molecule has 1 atom stereocenters. The predicted molar refractivity (Wildman–Crippen MR) is 65.9 cm³/mol. The molecule has 0 spiro atoms. The molecule has 0 saturated heterocycles. The summed E-state index contributed by atoms with van der Waals surface area (Å²) in [6.07, 6.45) is 4.63. The average molecular weight is 226 g/mol. The van der Waals surface area contributed by atoms with Gasteiger partial charge in [-0.05, 0) is 41.3 Å². The van der Waals surface area contributed by atoms with E-state index in [-0.39, 0.29) is 6.04 Å². The van der Waals surface area contributed by atoms with Gasteiger partial charge in [0.1, 0.15) is 5.75 Å². The van der Waals surface area contributed by atoms with Crippen molar-refractivity contribution in [2.75, 3.05) is 6.54 Å². The van der Waals surface area contributed by atoms with E-state index in [1.165, 1.54) is 16.7 Å². The molecule has 0 bridgehead atoms. The molecule has 0 radical (unpaired) electrons. The Bertz CT molecular complexity index is 525. The number of hydrogen-bond acceptors (Lipinski definition) is 3. The highest BCUT2D eigenvalue weighted by Crippen LogP contribution is 2.30. The predicted octanol–water partition coefficient (Wildman–Crippen LogP) is 2.02. The number of hydrogen-bond donors (Lipinski definition) is 2. The molecule has 1 aliphatic rings. The van der Waals surface area contributed by atoms with Crippen LogP contribution in [0.15, 0.2) is 42.7 Å². The lowest BCUT2D eigenvalue weighted by Gasteiger charge is -2.27. The highest BCUT2D eigenvalue weighted by Gasteiger charge is 2.21. The first-order valence-electron chi connectivity index (χ1n) is 5.80. The van der Waals surface area contributed by atoms with Gasteiger partial charge in [0.2, 0.25) is 0 Å². The van der Waals surface area contributed by atoms with Crippen molar-refractivity contribution in [3.8, 4) is 5.75 Å². The molecule has 0 aliphatic carbocycles. The molecular formula is C14H14N2O. The van der Waals surface area contributed by atoms with Crippen LogP contribution in [0.4, 0.5) is 0 Å². The Labute approximate surface area is 100 Å². The van der Waals surface area contributed by atoms with Gasteiger partial charge in [0.15, 0.2) is 0 Å². The fourth-order valence-electron chi connectivity index (χ4n) is 2.40. The number of phenols is 1. The van der Waals surface area contributed by atoms with Crippen molar-refractivity contribution in [3.63, 3.8) is 0 Å². The van der Waals surface area contributed by atoms with Crippen molar-refractivity contribution in [1.29, 1.82) is 0 Å². The maximum absolute atomic E-state index is 9.51. The van der Waals surface area contributed by atoms with Crippen molar-refractivity contribution in [1.82, 2.24) is 10.3 Å². The SMILES string of the molecule is Oc1ccc2c(c1)CCN[C@@H]2c1cccnc1. The lowest BCUT2D eigenvalue weighted by Crippen LogP contribution is -2.30. The average Bonchev–Trinajstić information content (AvgIpc) is 2.39. The summed E-state index contributed by atoms with van der Waals surface area (Å²) < 4.78 is 0. The number of rotatable bonds is 1. The van der Waals surface area contributed by atoms with Gasteiger partial charge < -0.3 is 10.4 Å². The summed E-state index contributed by atoms with van der Waals surface area (Å²) in [7, 11) is 0. The second kappa shape index (κ2) is 4.18. The smallest absolute Gasteiger partial charge is 0.115 e. The molecule has 1 aliphatic heterocycles. The number of benzene rings is 1. The number of pyridine rings is 1. The Balaban J connectivity index is 2.06. The third-order valence-electron chi connectivity index (χ3n) is 3.20. The van der Waals surface area contributed by atoms with Gasteiger partial charge in [0, 0.05) is 18.9 Å². The molecule has 3 heteroatoms. The number of aromatic nitrogens is 1. The van der Waals surface area contributed by atoms with Gasteiger partial charge in [-0.25, -0.2) is 0 Å². The zero-order chi connectivity index (χ0) is 11.7. The summed E-state index contributed by atoms with van der Waals surface area (Å²) in [5.41, 5.74) is 3.62. The topological polar surface area (TPSA) is 45.1 Å². The Hall–Kier alpha value is -1.87. The third kappa shape index (κ3) is 1.89. The minimum atomic E-state index is 0.188. The highest BCUT2D eigenvalue weighted by molar-refractivity contribution is 5.42. The normalized spacial score (nSPS) is 18.7. The van der Waals surface area contributed by atoms with Crippen LogP contribution < -0.4 is 5.32 Å². The lowest BCUT2D eigenvalue weighted by atomic mass is 9.90. The van der Waals surface area contributed by atoms with Gasteiger partial charge >= 0.3 is 0 Å². The maximum Gasteiger partial charge on any atom is 0.115 e. The van der Waals surface area contributed by atoms with E-state index in [4.69, 9.17) is 0 Å². The summed E-state index contributed by atoms with van der Waals surface area (Å²) in [6.45, 7) is 0.927. The molecule has 1 aromatic carbocycles. The molecule has 3 nitrogen and oxygen atoms in total. The fraction of sp³-hybridized carbons (Fsp3) is 0.214. The second-order valence-corrected chi connectivity index (χ2v) is 4.31. The molecule has 2 heterocycles. The molecule has 0 fully saturated rings.